The number of aliphatic carboxylic acids is 2. The fraction of sp³-hybridized carbons (Fsp3) is 0.462. The number of alkyl halides is 6. The molecule has 0 spiro atoms. The Bertz CT molecular complexity index is 1190. The molecule has 1 aromatic heterocycles. The third kappa shape index (κ3) is 9.42. The monoisotopic (exact) mass is 590 g/mol. The van der Waals surface area contributed by atoms with Crippen molar-refractivity contribution in [3.8, 4) is 0 Å². The average molecular weight is 591 g/mol. The number of halogens is 6. The van der Waals surface area contributed by atoms with Gasteiger partial charge in [-0.3, -0.25) is 29.2 Å². The molecule has 1 unspecified atom stereocenters. The fourth-order valence-electron chi connectivity index (χ4n) is 4.98. The van der Waals surface area contributed by atoms with Crippen LogP contribution in [0, 0.1) is 0 Å². The number of carboxylic acid groups (broad SMARTS) is 2. The number of amides is 1. The van der Waals surface area contributed by atoms with Crippen LogP contribution in [0.15, 0.2) is 42.6 Å². The molecule has 1 heterocycles. The Balaban J connectivity index is 1.87. The molecule has 0 aliphatic heterocycles. The highest BCUT2D eigenvalue weighted by Gasteiger charge is 2.38. The summed E-state index contributed by atoms with van der Waals surface area (Å²) in [6, 6.07) is 4.57. The van der Waals surface area contributed by atoms with Gasteiger partial charge in [-0.1, -0.05) is 18.9 Å². The maximum atomic E-state index is 13.2. The Morgan fingerprint density at radius 2 is 1.37 bits per heavy atom. The van der Waals surface area contributed by atoms with Gasteiger partial charge < -0.3 is 15.5 Å². The molecular formula is C26H28F6N4O5. The topological polar surface area (TPSA) is 123 Å². The summed E-state index contributed by atoms with van der Waals surface area (Å²) in [5.41, 5.74) is -3.42. The van der Waals surface area contributed by atoms with Crippen molar-refractivity contribution in [2.45, 2.75) is 56.7 Å². The van der Waals surface area contributed by atoms with Crippen LogP contribution >= 0.6 is 0 Å². The number of rotatable bonds is 11. The van der Waals surface area contributed by atoms with Crippen LogP contribution in [-0.2, 0) is 33.3 Å². The Morgan fingerprint density at radius 3 is 1.85 bits per heavy atom. The van der Waals surface area contributed by atoms with Crippen LogP contribution in [0.25, 0.3) is 0 Å². The fourth-order valence-corrected chi connectivity index (χ4v) is 4.98. The molecule has 0 radical (unpaired) electrons. The van der Waals surface area contributed by atoms with Gasteiger partial charge in [0.1, 0.15) is 0 Å². The number of pyridine rings is 1. The summed E-state index contributed by atoms with van der Waals surface area (Å²) in [5, 5.41) is 21.1. The van der Waals surface area contributed by atoms with Gasteiger partial charge in [0.25, 0.3) is 0 Å². The standard InChI is InChI=1S/C26H28F6N4O5/c27-25(28,29)16-9-17(26(30,31)32)11-19(10-16)34-22(37)13-36(15-24(40)41)21-7-2-1-6-20(21)35(14-23(38)39)12-18-5-3-4-8-33-18/h3-5,8-11,20-21H,1-2,6-7,12-15H2,(H,34,37)(H,38,39)(H,40,41)/t20-,21?/m0/s1. The molecule has 0 bridgehead atoms. The molecule has 2 atom stereocenters. The lowest BCUT2D eigenvalue weighted by Crippen LogP contribution is -2.56. The Morgan fingerprint density at radius 1 is 0.829 bits per heavy atom. The van der Waals surface area contributed by atoms with Crippen LogP contribution in [0.1, 0.15) is 42.5 Å². The summed E-state index contributed by atoms with van der Waals surface area (Å²) in [6.07, 6.45) is -6.54. The number of nitrogens with zero attached hydrogens (tertiary/aromatic N) is 3. The molecule has 2 aromatic rings. The van der Waals surface area contributed by atoms with E-state index in [9.17, 15) is 50.9 Å². The maximum absolute atomic E-state index is 13.2. The highest BCUT2D eigenvalue weighted by Crippen LogP contribution is 2.37. The van der Waals surface area contributed by atoms with Crippen LogP contribution in [0.4, 0.5) is 32.0 Å². The summed E-state index contributed by atoms with van der Waals surface area (Å²) in [7, 11) is 0. The van der Waals surface area contributed by atoms with E-state index in [1.165, 1.54) is 11.1 Å². The van der Waals surface area contributed by atoms with E-state index in [2.05, 4.69) is 4.98 Å². The number of carboxylic acids is 2. The van der Waals surface area contributed by atoms with Crippen LogP contribution in [-0.4, -0.2) is 74.6 Å². The molecule has 1 saturated carbocycles. The van der Waals surface area contributed by atoms with Gasteiger partial charge in [0.15, 0.2) is 0 Å². The van der Waals surface area contributed by atoms with Crippen molar-refractivity contribution in [3.05, 3.63) is 59.4 Å². The van der Waals surface area contributed by atoms with Crippen molar-refractivity contribution >= 4 is 23.5 Å². The predicted octanol–water partition coefficient (Wildman–Crippen LogP) is 4.34. The second-order valence-electron chi connectivity index (χ2n) is 9.68. The summed E-state index contributed by atoms with van der Waals surface area (Å²) in [4.78, 5) is 43.4. The summed E-state index contributed by atoms with van der Waals surface area (Å²) >= 11 is 0. The van der Waals surface area contributed by atoms with Crippen LogP contribution in [0.3, 0.4) is 0 Å². The zero-order valence-electron chi connectivity index (χ0n) is 21.6. The number of hydrogen-bond donors (Lipinski definition) is 3. The maximum Gasteiger partial charge on any atom is 0.416 e. The quantitative estimate of drug-likeness (QED) is 0.331. The van der Waals surface area contributed by atoms with Crippen LogP contribution in [0.5, 0.6) is 0 Å². The minimum absolute atomic E-state index is 0.0718. The Kier molecular flexibility index (Phi) is 10.3. The molecule has 1 aliphatic rings. The van der Waals surface area contributed by atoms with E-state index in [0.29, 0.717) is 43.5 Å². The molecule has 9 nitrogen and oxygen atoms in total. The third-order valence-electron chi connectivity index (χ3n) is 6.62. The molecule has 1 amide bonds. The van der Waals surface area contributed by atoms with Gasteiger partial charge in [-0.25, -0.2) is 0 Å². The summed E-state index contributed by atoms with van der Waals surface area (Å²) in [5.74, 6) is -3.50. The Hall–Kier alpha value is -3.72. The zero-order valence-corrected chi connectivity index (χ0v) is 21.6. The number of anilines is 1. The van der Waals surface area contributed by atoms with E-state index in [4.69, 9.17) is 0 Å². The first-order valence-corrected chi connectivity index (χ1v) is 12.5. The van der Waals surface area contributed by atoms with E-state index in [0.717, 1.165) is 0 Å². The minimum Gasteiger partial charge on any atom is -0.480 e. The van der Waals surface area contributed by atoms with Crippen molar-refractivity contribution in [3.63, 3.8) is 0 Å². The molecule has 1 fully saturated rings. The van der Waals surface area contributed by atoms with Gasteiger partial charge in [0.05, 0.1) is 36.5 Å². The smallest absolute Gasteiger partial charge is 0.416 e. The minimum atomic E-state index is -5.12. The van der Waals surface area contributed by atoms with Crippen molar-refractivity contribution in [2.24, 2.45) is 0 Å². The lowest BCUT2D eigenvalue weighted by molar-refractivity contribution is -0.143. The molecular weight excluding hydrogens is 562 g/mol. The summed E-state index contributed by atoms with van der Waals surface area (Å²) < 4.78 is 79.4. The van der Waals surface area contributed by atoms with Crippen LogP contribution < -0.4 is 5.32 Å². The largest absolute Gasteiger partial charge is 0.480 e. The highest BCUT2D eigenvalue weighted by molar-refractivity contribution is 5.92. The lowest BCUT2D eigenvalue weighted by atomic mass is 9.87. The third-order valence-corrected chi connectivity index (χ3v) is 6.62. The van der Waals surface area contributed by atoms with Gasteiger partial charge in [-0.15, -0.1) is 0 Å². The molecule has 0 saturated heterocycles. The highest BCUT2D eigenvalue weighted by atomic mass is 19.4. The number of aromatic nitrogens is 1. The second-order valence-corrected chi connectivity index (χ2v) is 9.68. The van der Waals surface area contributed by atoms with Crippen molar-refractivity contribution in [1.82, 2.24) is 14.8 Å². The SMILES string of the molecule is O=C(O)CN(CC(=O)Nc1cc(C(F)(F)F)cc(C(F)(F)F)c1)C1CCCC[C@@H]1N(CC(=O)O)Cc1ccccn1. The first kappa shape index (κ1) is 31.8. The van der Waals surface area contributed by atoms with E-state index in [1.807, 2.05) is 5.32 Å². The Labute approximate surface area is 230 Å². The summed E-state index contributed by atoms with van der Waals surface area (Å²) in [6.45, 7) is -1.63. The number of carbonyl (C=O) groups is 3. The van der Waals surface area contributed by atoms with Crippen molar-refractivity contribution < 1.29 is 50.9 Å². The van der Waals surface area contributed by atoms with Gasteiger partial charge in [0, 0.05) is 30.5 Å². The van der Waals surface area contributed by atoms with Gasteiger partial charge in [0.2, 0.25) is 5.91 Å². The first-order valence-electron chi connectivity index (χ1n) is 12.5. The molecule has 41 heavy (non-hydrogen) atoms. The molecule has 3 rings (SSSR count). The van der Waals surface area contributed by atoms with E-state index >= 15 is 0 Å². The predicted molar refractivity (Wildman–Crippen MR) is 133 cm³/mol. The van der Waals surface area contributed by atoms with Gasteiger partial charge in [-0.05, 0) is 43.2 Å². The van der Waals surface area contributed by atoms with E-state index < -0.39 is 78.7 Å². The molecule has 1 aliphatic carbocycles. The van der Waals surface area contributed by atoms with Crippen LogP contribution in [0.2, 0.25) is 0 Å². The number of hydrogen-bond acceptors (Lipinski definition) is 6. The molecule has 3 N–H and O–H groups in total. The lowest BCUT2D eigenvalue weighted by Gasteiger charge is -2.44. The number of benzene rings is 1. The number of nitrogens with one attached hydrogen (secondary N) is 1. The van der Waals surface area contributed by atoms with E-state index in [-0.39, 0.29) is 12.6 Å². The first-order chi connectivity index (χ1) is 19.1. The van der Waals surface area contributed by atoms with Gasteiger partial charge in [-0.2, -0.15) is 26.3 Å². The van der Waals surface area contributed by atoms with Crippen molar-refractivity contribution in [1.29, 1.82) is 0 Å². The normalized spacial score (nSPS) is 18.0. The van der Waals surface area contributed by atoms with Crippen molar-refractivity contribution in [2.75, 3.05) is 25.0 Å². The molecule has 224 valence electrons. The molecule has 1 aromatic carbocycles. The zero-order chi connectivity index (χ0) is 30.4. The van der Waals surface area contributed by atoms with Gasteiger partial charge >= 0.3 is 24.3 Å². The number of carbonyl (C=O) groups excluding carboxylic acids is 1. The molecule has 15 heteroatoms. The second kappa shape index (κ2) is 13.3. The average Bonchev–Trinajstić information content (AvgIpc) is 2.87. The van der Waals surface area contributed by atoms with E-state index in [1.54, 1.807) is 23.1 Å².